The number of benzene rings is 1. The molecule has 0 amide bonds. The van der Waals surface area contributed by atoms with E-state index in [1.807, 2.05) is 20.2 Å². The van der Waals surface area contributed by atoms with Gasteiger partial charge in [0.25, 0.3) is 0 Å². The van der Waals surface area contributed by atoms with Crippen molar-refractivity contribution in [3.63, 3.8) is 0 Å². The first kappa shape index (κ1) is 11.9. The van der Waals surface area contributed by atoms with Gasteiger partial charge in [0.15, 0.2) is 17.3 Å². The molecule has 0 aromatic heterocycles. The van der Waals surface area contributed by atoms with Crippen molar-refractivity contribution >= 4 is 5.78 Å². The van der Waals surface area contributed by atoms with Crippen molar-refractivity contribution in [2.24, 2.45) is 0 Å². The molecule has 1 heterocycles. The molecule has 0 atom stereocenters. The largest absolute Gasteiger partial charge is 0.486 e. The second-order valence-corrected chi connectivity index (χ2v) is 4.49. The van der Waals surface area contributed by atoms with E-state index in [0.29, 0.717) is 30.9 Å². The topological polar surface area (TPSA) is 40.0 Å². The fraction of sp³-hybridized carbons (Fsp3) is 0.462. The molecular formula is C13H18NO3+. The van der Waals surface area contributed by atoms with Gasteiger partial charge in [0.1, 0.15) is 13.2 Å². The maximum atomic E-state index is 11.9. The van der Waals surface area contributed by atoms with Gasteiger partial charge in [-0.15, -0.1) is 0 Å². The van der Waals surface area contributed by atoms with Crippen molar-refractivity contribution in [2.45, 2.75) is 6.42 Å². The molecule has 4 nitrogen and oxygen atoms in total. The molecule has 17 heavy (non-hydrogen) atoms. The van der Waals surface area contributed by atoms with Gasteiger partial charge >= 0.3 is 0 Å². The van der Waals surface area contributed by atoms with E-state index < -0.39 is 0 Å². The molecule has 0 bridgehead atoms. The lowest BCUT2D eigenvalue weighted by molar-refractivity contribution is -0.857. The van der Waals surface area contributed by atoms with Crippen LogP contribution in [-0.4, -0.2) is 39.6 Å². The van der Waals surface area contributed by atoms with Gasteiger partial charge in [-0.1, -0.05) is 0 Å². The van der Waals surface area contributed by atoms with E-state index in [-0.39, 0.29) is 5.78 Å². The third-order valence-corrected chi connectivity index (χ3v) is 2.72. The quantitative estimate of drug-likeness (QED) is 0.758. The Morgan fingerprint density at radius 3 is 2.65 bits per heavy atom. The SMILES string of the molecule is C[NH+](C)CCC(=O)c1ccc2c(c1)OCCO2. The van der Waals surface area contributed by atoms with Gasteiger partial charge in [0.2, 0.25) is 0 Å². The molecule has 0 aliphatic carbocycles. The highest BCUT2D eigenvalue weighted by Crippen LogP contribution is 2.30. The molecule has 1 aromatic rings. The number of ether oxygens (including phenoxy) is 2. The number of quaternary nitrogens is 1. The van der Waals surface area contributed by atoms with E-state index in [1.54, 1.807) is 12.1 Å². The van der Waals surface area contributed by atoms with Crippen LogP contribution in [0.1, 0.15) is 16.8 Å². The van der Waals surface area contributed by atoms with Crippen LogP contribution in [0.5, 0.6) is 11.5 Å². The molecule has 1 aromatic carbocycles. The van der Waals surface area contributed by atoms with Crippen molar-refractivity contribution in [2.75, 3.05) is 33.9 Å². The molecule has 1 aliphatic rings. The zero-order chi connectivity index (χ0) is 12.3. The number of rotatable bonds is 4. The van der Waals surface area contributed by atoms with Crippen molar-refractivity contribution in [1.82, 2.24) is 0 Å². The number of carbonyl (C=O) groups is 1. The Hall–Kier alpha value is -1.55. The van der Waals surface area contributed by atoms with Gasteiger partial charge in [-0.25, -0.2) is 0 Å². The van der Waals surface area contributed by atoms with Crippen LogP contribution in [0.2, 0.25) is 0 Å². The highest BCUT2D eigenvalue weighted by molar-refractivity contribution is 5.96. The zero-order valence-corrected chi connectivity index (χ0v) is 10.3. The minimum Gasteiger partial charge on any atom is -0.486 e. The Kier molecular flexibility index (Phi) is 3.64. The maximum Gasteiger partial charge on any atom is 0.168 e. The molecule has 2 rings (SSSR count). The van der Waals surface area contributed by atoms with Gasteiger partial charge in [-0.05, 0) is 18.2 Å². The van der Waals surface area contributed by atoms with Crippen molar-refractivity contribution in [1.29, 1.82) is 0 Å². The average molecular weight is 236 g/mol. The van der Waals surface area contributed by atoms with Crippen LogP contribution in [0.15, 0.2) is 18.2 Å². The summed E-state index contributed by atoms with van der Waals surface area (Å²) in [6, 6.07) is 5.40. The summed E-state index contributed by atoms with van der Waals surface area (Å²) in [5, 5.41) is 0. The Labute approximate surface area is 101 Å². The van der Waals surface area contributed by atoms with Crippen LogP contribution >= 0.6 is 0 Å². The summed E-state index contributed by atoms with van der Waals surface area (Å²) >= 11 is 0. The van der Waals surface area contributed by atoms with Gasteiger partial charge in [0, 0.05) is 5.56 Å². The number of Topliss-reactive ketones (excluding diaryl/α,β-unsaturated/α-hetero) is 1. The molecule has 0 unspecified atom stereocenters. The number of ketones is 1. The van der Waals surface area contributed by atoms with Crippen LogP contribution in [0.4, 0.5) is 0 Å². The summed E-state index contributed by atoms with van der Waals surface area (Å²) in [5.74, 6) is 1.56. The Morgan fingerprint density at radius 2 is 1.94 bits per heavy atom. The molecule has 4 heteroatoms. The van der Waals surface area contributed by atoms with E-state index >= 15 is 0 Å². The summed E-state index contributed by atoms with van der Waals surface area (Å²) in [6.07, 6.45) is 0.558. The van der Waals surface area contributed by atoms with E-state index in [4.69, 9.17) is 9.47 Å². The predicted molar refractivity (Wildman–Crippen MR) is 64.1 cm³/mol. The molecule has 0 spiro atoms. The first-order valence-electron chi connectivity index (χ1n) is 5.88. The van der Waals surface area contributed by atoms with E-state index in [0.717, 1.165) is 12.3 Å². The van der Waals surface area contributed by atoms with Gasteiger partial charge in [0.05, 0.1) is 27.1 Å². The monoisotopic (exact) mass is 236 g/mol. The van der Waals surface area contributed by atoms with Crippen LogP contribution < -0.4 is 14.4 Å². The lowest BCUT2D eigenvalue weighted by atomic mass is 10.1. The Bertz CT molecular complexity index is 415. The van der Waals surface area contributed by atoms with Crippen LogP contribution in [-0.2, 0) is 0 Å². The molecular weight excluding hydrogens is 218 g/mol. The number of hydrogen-bond acceptors (Lipinski definition) is 3. The minimum atomic E-state index is 0.156. The number of hydrogen-bond donors (Lipinski definition) is 1. The van der Waals surface area contributed by atoms with Gasteiger partial charge in [-0.3, -0.25) is 4.79 Å². The summed E-state index contributed by atoms with van der Waals surface area (Å²) in [4.78, 5) is 13.2. The second-order valence-electron chi connectivity index (χ2n) is 4.49. The molecule has 0 saturated heterocycles. The molecule has 1 N–H and O–H groups in total. The Balaban J connectivity index is 2.08. The fourth-order valence-electron chi connectivity index (χ4n) is 1.72. The van der Waals surface area contributed by atoms with E-state index in [1.165, 1.54) is 4.90 Å². The molecule has 0 radical (unpaired) electrons. The molecule has 0 fully saturated rings. The van der Waals surface area contributed by atoms with Gasteiger partial charge < -0.3 is 14.4 Å². The fourth-order valence-corrected chi connectivity index (χ4v) is 1.72. The average Bonchev–Trinajstić information content (AvgIpc) is 2.35. The standard InChI is InChI=1S/C13H17NO3/c1-14(2)6-5-11(15)10-3-4-12-13(9-10)17-8-7-16-12/h3-4,9H,5-8H2,1-2H3/p+1. The molecule has 92 valence electrons. The Morgan fingerprint density at radius 1 is 1.24 bits per heavy atom. The summed E-state index contributed by atoms with van der Waals surface area (Å²) < 4.78 is 10.9. The number of carbonyl (C=O) groups excluding carboxylic acids is 1. The van der Waals surface area contributed by atoms with Crippen molar-refractivity contribution < 1.29 is 19.2 Å². The van der Waals surface area contributed by atoms with Crippen LogP contribution in [0.3, 0.4) is 0 Å². The van der Waals surface area contributed by atoms with Crippen molar-refractivity contribution in [3.8, 4) is 11.5 Å². The second kappa shape index (κ2) is 5.19. The maximum absolute atomic E-state index is 11.9. The summed E-state index contributed by atoms with van der Waals surface area (Å²) in [5.41, 5.74) is 0.704. The van der Waals surface area contributed by atoms with E-state index in [2.05, 4.69) is 0 Å². The van der Waals surface area contributed by atoms with Gasteiger partial charge in [-0.2, -0.15) is 0 Å². The lowest BCUT2D eigenvalue weighted by Crippen LogP contribution is -3.05. The zero-order valence-electron chi connectivity index (χ0n) is 10.3. The highest BCUT2D eigenvalue weighted by Gasteiger charge is 2.15. The normalized spacial score (nSPS) is 13.8. The minimum absolute atomic E-state index is 0.156. The number of nitrogens with one attached hydrogen (secondary N) is 1. The first-order valence-corrected chi connectivity index (χ1v) is 5.88. The van der Waals surface area contributed by atoms with E-state index in [9.17, 15) is 4.79 Å². The lowest BCUT2D eigenvalue weighted by Gasteiger charge is -2.18. The van der Waals surface area contributed by atoms with Crippen molar-refractivity contribution in [3.05, 3.63) is 23.8 Å². The molecule has 1 aliphatic heterocycles. The first-order chi connectivity index (χ1) is 8.16. The molecule has 0 saturated carbocycles. The smallest absolute Gasteiger partial charge is 0.168 e. The summed E-state index contributed by atoms with van der Waals surface area (Å²) in [6.45, 7) is 1.96. The summed E-state index contributed by atoms with van der Waals surface area (Å²) in [7, 11) is 4.08. The number of fused-ring (bicyclic) bond motifs is 1. The predicted octanol–water partition coefficient (Wildman–Crippen LogP) is 0.175. The third kappa shape index (κ3) is 2.97. The highest BCUT2D eigenvalue weighted by atomic mass is 16.6. The third-order valence-electron chi connectivity index (χ3n) is 2.72. The van der Waals surface area contributed by atoms with Crippen LogP contribution in [0.25, 0.3) is 0 Å². The van der Waals surface area contributed by atoms with Crippen LogP contribution in [0, 0.1) is 0 Å².